The van der Waals surface area contributed by atoms with Crippen LogP contribution in [0.2, 0.25) is 0 Å². The lowest BCUT2D eigenvalue weighted by Crippen LogP contribution is -2.36. The molecule has 0 bridgehead atoms. The minimum atomic E-state index is 0. The number of nitrogens with zero attached hydrogens (tertiary/aromatic N) is 4. The van der Waals surface area contributed by atoms with Crippen LogP contribution >= 0.6 is 24.0 Å². The summed E-state index contributed by atoms with van der Waals surface area (Å²) in [5.41, 5.74) is 8.43. The van der Waals surface area contributed by atoms with Gasteiger partial charge in [0.2, 0.25) is 0 Å². The Kier molecular flexibility index (Phi) is 4.61. The lowest BCUT2D eigenvalue weighted by Gasteiger charge is -2.16. The van der Waals surface area contributed by atoms with E-state index in [9.17, 15) is 0 Å². The molecular formula is C17H22IN5. The molecule has 23 heavy (non-hydrogen) atoms. The first-order valence-electron chi connectivity index (χ1n) is 7.88. The molecule has 1 aromatic heterocycles. The third-order valence-electron chi connectivity index (χ3n) is 4.56. The van der Waals surface area contributed by atoms with Crippen LogP contribution in [0.25, 0.3) is 5.69 Å². The van der Waals surface area contributed by atoms with Crippen molar-refractivity contribution in [1.29, 1.82) is 0 Å². The quantitative estimate of drug-likeness (QED) is 0.468. The van der Waals surface area contributed by atoms with Crippen LogP contribution in [0.15, 0.2) is 47.7 Å². The summed E-state index contributed by atoms with van der Waals surface area (Å²) in [7, 11) is 2.04. The summed E-state index contributed by atoms with van der Waals surface area (Å²) in [6.45, 7) is 0. The zero-order valence-electron chi connectivity index (χ0n) is 13.2. The molecule has 1 aromatic carbocycles. The van der Waals surface area contributed by atoms with E-state index in [2.05, 4.69) is 33.3 Å². The summed E-state index contributed by atoms with van der Waals surface area (Å²) >= 11 is 0. The fourth-order valence-corrected chi connectivity index (χ4v) is 2.84. The van der Waals surface area contributed by atoms with E-state index in [1.165, 1.54) is 18.4 Å². The lowest BCUT2D eigenvalue weighted by atomic mass is 10.2. The molecular weight excluding hydrogens is 401 g/mol. The standard InChI is InChI=1S/C17H21N5.HI/c1-21(13-7-8-13)17(18)20-16-9-15(16)12-10-19-22(11-12)14-5-3-2-4-6-14;/h2-6,10-11,13,15-16H,7-9H2,1H3,(H2,18,20);1H/t15-,16+;/m0./s1. The Morgan fingerprint density at radius 2 is 2.04 bits per heavy atom. The Balaban J connectivity index is 0.00000156. The second-order valence-corrected chi connectivity index (χ2v) is 6.29. The van der Waals surface area contributed by atoms with Gasteiger partial charge in [0.05, 0.1) is 17.9 Å². The highest BCUT2D eigenvalue weighted by molar-refractivity contribution is 14.0. The summed E-state index contributed by atoms with van der Waals surface area (Å²) in [6.07, 6.45) is 7.61. The molecule has 2 aliphatic carbocycles. The maximum Gasteiger partial charge on any atom is 0.191 e. The third-order valence-corrected chi connectivity index (χ3v) is 4.56. The van der Waals surface area contributed by atoms with Crippen LogP contribution in [-0.4, -0.2) is 39.8 Å². The molecule has 0 radical (unpaired) electrons. The van der Waals surface area contributed by atoms with Crippen molar-refractivity contribution in [2.45, 2.75) is 37.3 Å². The third kappa shape index (κ3) is 3.52. The SMILES string of the molecule is CN(C(N)=N[C@@H]1C[C@H]1c1cnn(-c2ccccc2)c1)C1CC1.I. The monoisotopic (exact) mass is 423 g/mol. The van der Waals surface area contributed by atoms with Gasteiger partial charge in [-0.3, -0.25) is 0 Å². The molecule has 2 N–H and O–H groups in total. The minimum absolute atomic E-state index is 0. The Bertz CT molecular complexity index is 692. The average molecular weight is 423 g/mol. The van der Waals surface area contributed by atoms with Gasteiger partial charge in [0.25, 0.3) is 0 Å². The molecule has 0 spiro atoms. The number of hydrogen-bond donors (Lipinski definition) is 1. The van der Waals surface area contributed by atoms with Gasteiger partial charge >= 0.3 is 0 Å². The average Bonchev–Trinajstić information content (AvgIpc) is 3.47. The second-order valence-electron chi connectivity index (χ2n) is 6.29. The van der Waals surface area contributed by atoms with Crippen LogP contribution in [0.1, 0.15) is 30.7 Å². The Morgan fingerprint density at radius 3 is 2.74 bits per heavy atom. The van der Waals surface area contributed by atoms with Gasteiger partial charge in [-0.2, -0.15) is 5.10 Å². The summed E-state index contributed by atoms with van der Waals surface area (Å²) in [5, 5.41) is 4.46. The van der Waals surface area contributed by atoms with Crippen LogP contribution in [-0.2, 0) is 0 Å². The van der Waals surface area contributed by atoms with Gasteiger partial charge in [-0.15, -0.1) is 24.0 Å². The number of halogens is 1. The second kappa shape index (κ2) is 6.51. The van der Waals surface area contributed by atoms with Crippen LogP contribution in [0.4, 0.5) is 0 Å². The van der Waals surface area contributed by atoms with Gasteiger partial charge in [-0.1, -0.05) is 18.2 Å². The van der Waals surface area contributed by atoms with E-state index in [1.54, 1.807) is 0 Å². The molecule has 0 aliphatic heterocycles. The fraction of sp³-hybridized carbons (Fsp3) is 0.412. The number of aromatic nitrogens is 2. The van der Waals surface area contributed by atoms with E-state index < -0.39 is 0 Å². The number of aliphatic imine (C=N–C) groups is 1. The maximum absolute atomic E-state index is 6.09. The van der Waals surface area contributed by atoms with Crippen molar-refractivity contribution in [1.82, 2.24) is 14.7 Å². The van der Waals surface area contributed by atoms with E-state index in [0.29, 0.717) is 24.0 Å². The number of guanidine groups is 1. The highest BCUT2D eigenvalue weighted by Gasteiger charge is 2.40. The summed E-state index contributed by atoms with van der Waals surface area (Å²) in [5.74, 6) is 1.15. The molecule has 0 saturated heterocycles. The largest absolute Gasteiger partial charge is 0.370 e. The zero-order chi connectivity index (χ0) is 15.1. The number of benzene rings is 1. The topological polar surface area (TPSA) is 59.4 Å². The van der Waals surface area contributed by atoms with Crippen LogP contribution < -0.4 is 5.73 Å². The Hall–Kier alpha value is -1.57. The lowest BCUT2D eigenvalue weighted by molar-refractivity contribution is 0.487. The molecule has 2 atom stereocenters. The van der Waals surface area contributed by atoms with Crippen LogP contribution in [0, 0.1) is 0 Å². The molecule has 2 aromatic rings. The minimum Gasteiger partial charge on any atom is -0.370 e. The number of hydrogen-bond acceptors (Lipinski definition) is 2. The van der Waals surface area contributed by atoms with Gasteiger partial charge in [-0.25, -0.2) is 9.67 Å². The molecule has 6 heteroatoms. The first-order chi connectivity index (χ1) is 10.7. The van der Waals surface area contributed by atoms with Gasteiger partial charge < -0.3 is 10.6 Å². The summed E-state index contributed by atoms with van der Waals surface area (Å²) < 4.78 is 1.92. The molecule has 122 valence electrons. The maximum atomic E-state index is 6.09. The van der Waals surface area contributed by atoms with Crippen molar-refractivity contribution in [2.75, 3.05) is 7.05 Å². The fourth-order valence-electron chi connectivity index (χ4n) is 2.84. The van der Waals surface area contributed by atoms with E-state index in [-0.39, 0.29) is 24.0 Å². The predicted octanol–water partition coefficient (Wildman–Crippen LogP) is 2.76. The predicted molar refractivity (Wildman–Crippen MR) is 103 cm³/mol. The van der Waals surface area contributed by atoms with Gasteiger partial charge in [0.15, 0.2) is 5.96 Å². The molecule has 4 rings (SSSR count). The van der Waals surface area contributed by atoms with Crippen molar-refractivity contribution in [3.63, 3.8) is 0 Å². The normalized spacial score (nSPS) is 23.3. The molecule has 1 heterocycles. The van der Waals surface area contributed by atoms with Crippen LogP contribution in [0.3, 0.4) is 0 Å². The summed E-state index contributed by atoms with van der Waals surface area (Å²) in [6, 6.07) is 11.1. The first kappa shape index (κ1) is 16.3. The van der Waals surface area contributed by atoms with E-state index in [4.69, 9.17) is 5.73 Å². The number of rotatable bonds is 4. The molecule has 5 nitrogen and oxygen atoms in total. The van der Waals surface area contributed by atoms with Crippen molar-refractivity contribution < 1.29 is 0 Å². The van der Waals surface area contributed by atoms with Crippen molar-refractivity contribution in [3.05, 3.63) is 48.3 Å². The molecule has 2 fully saturated rings. The van der Waals surface area contributed by atoms with Crippen molar-refractivity contribution >= 4 is 29.9 Å². The van der Waals surface area contributed by atoms with E-state index in [0.717, 1.165) is 12.1 Å². The molecule has 0 amide bonds. The van der Waals surface area contributed by atoms with Gasteiger partial charge in [0, 0.05) is 25.2 Å². The highest BCUT2D eigenvalue weighted by atomic mass is 127. The zero-order valence-corrected chi connectivity index (χ0v) is 15.5. The Labute approximate surface area is 153 Å². The molecule has 0 unspecified atom stereocenters. The molecule has 2 saturated carbocycles. The number of para-hydroxylation sites is 1. The first-order valence-corrected chi connectivity index (χ1v) is 7.88. The molecule has 2 aliphatic rings. The van der Waals surface area contributed by atoms with E-state index >= 15 is 0 Å². The van der Waals surface area contributed by atoms with Gasteiger partial charge in [0.1, 0.15) is 0 Å². The highest BCUT2D eigenvalue weighted by Crippen LogP contribution is 2.43. The van der Waals surface area contributed by atoms with E-state index in [1.807, 2.05) is 36.1 Å². The van der Waals surface area contributed by atoms with Crippen LogP contribution in [0.5, 0.6) is 0 Å². The van der Waals surface area contributed by atoms with Crippen molar-refractivity contribution in [3.8, 4) is 5.69 Å². The summed E-state index contributed by atoms with van der Waals surface area (Å²) in [4.78, 5) is 6.79. The smallest absolute Gasteiger partial charge is 0.191 e. The van der Waals surface area contributed by atoms with Gasteiger partial charge in [-0.05, 0) is 37.0 Å². The Morgan fingerprint density at radius 1 is 1.30 bits per heavy atom. The van der Waals surface area contributed by atoms with Crippen molar-refractivity contribution in [2.24, 2.45) is 10.7 Å². The number of nitrogens with two attached hydrogens (primary N) is 1.